The van der Waals surface area contributed by atoms with Crippen molar-refractivity contribution in [3.05, 3.63) is 29.6 Å². The monoisotopic (exact) mass is 230 g/mol. The first-order valence-corrected chi connectivity index (χ1v) is 5.72. The third kappa shape index (κ3) is 3.38. The molecule has 1 nitrogen and oxygen atoms in total. The summed E-state index contributed by atoms with van der Waals surface area (Å²) in [6.07, 6.45) is 1.95. The number of hydrogen-bond donors (Lipinski definition) is 0. The minimum Gasteiger partial charge on any atom is -0.487 e. The third-order valence-electron chi connectivity index (χ3n) is 2.21. The van der Waals surface area contributed by atoms with E-state index in [-0.39, 0.29) is 17.8 Å². The van der Waals surface area contributed by atoms with Gasteiger partial charge in [0.15, 0.2) is 11.6 Å². The molecule has 0 spiro atoms. The van der Waals surface area contributed by atoms with Crippen molar-refractivity contribution >= 4 is 11.6 Å². The van der Waals surface area contributed by atoms with E-state index in [1.807, 2.05) is 6.92 Å². The number of rotatable bonds is 5. The predicted octanol–water partition coefficient (Wildman–Crippen LogP) is 4.13. The number of alkyl halides is 1. The molecule has 0 saturated heterocycles. The van der Waals surface area contributed by atoms with Crippen LogP contribution in [-0.2, 0) is 5.88 Å². The molecule has 1 aromatic rings. The van der Waals surface area contributed by atoms with Crippen LogP contribution in [0.3, 0.4) is 0 Å². The first-order valence-electron chi connectivity index (χ1n) is 5.19. The standard InChI is InChI=1S/C12H16ClFO/c1-3-5-9(2)15-12-10(8-13)6-4-7-11(12)14/h4,6-7,9H,3,5,8H2,1-2H3. The van der Waals surface area contributed by atoms with E-state index in [0.29, 0.717) is 11.3 Å². The summed E-state index contributed by atoms with van der Waals surface area (Å²) in [5.41, 5.74) is 0.708. The Kier molecular flexibility index (Phi) is 4.89. The zero-order chi connectivity index (χ0) is 11.3. The van der Waals surface area contributed by atoms with E-state index in [4.69, 9.17) is 16.3 Å². The highest BCUT2D eigenvalue weighted by Gasteiger charge is 2.11. The largest absolute Gasteiger partial charge is 0.487 e. The molecule has 0 bridgehead atoms. The molecule has 0 aliphatic carbocycles. The number of para-hydroxylation sites is 1. The smallest absolute Gasteiger partial charge is 0.165 e. The third-order valence-corrected chi connectivity index (χ3v) is 2.49. The topological polar surface area (TPSA) is 9.23 Å². The Morgan fingerprint density at radius 3 is 2.80 bits per heavy atom. The maximum Gasteiger partial charge on any atom is 0.165 e. The Morgan fingerprint density at radius 2 is 2.20 bits per heavy atom. The van der Waals surface area contributed by atoms with Crippen LogP contribution in [0.2, 0.25) is 0 Å². The molecule has 1 aromatic carbocycles. The van der Waals surface area contributed by atoms with Gasteiger partial charge in [0.1, 0.15) is 0 Å². The SMILES string of the molecule is CCCC(C)Oc1c(F)cccc1CCl. The lowest BCUT2D eigenvalue weighted by Gasteiger charge is -2.16. The van der Waals surface area contributed by atoms with E-state index < -0.39 is 0 Å². The van der Waals surface area contributed by atoms with Gasteiger partial charge in [-0.15, -0.1) is 11.6 Å². The van der Waals surface area contributed by atoms with Gasteiger partial charge in [-0.2, -0.15) is 0 Å². The Bertz CT molecular complexity index is 314. The first kappa shape index (κ1) is 12.3. The Balaban J connectivity index is 2.82. The van der Waals surface area contributed by atoms with Crippen LogP contribution in [0.5, 0.6) is 5.75 Å². The molecule has 1 atom stereocenters. The highest BCUT2D eigenvalue weighted by molar-refractivity contribution is 6.17. The molecule has 1 rings (SSSR count). The van der Waals surface area contributed by atoms with E-state index in [0.717, 1.165) is 12.8 Å². The van der Waals surface area contributed by atoms with Crippen molar-refractivity contribution in [3.63, 3.8) is 0 Å². The van der Waals surface area contributed by atoms with Crippen LogP contribution in [0.1, 0.15) is 32.3 Å². The van der Waals surface area contributed by atoms with Gasteiger partial charge < -0.3 is 4.74 Å². The minimum absolute atomic E-state index is 0.0221. The molecule has 0 fully saturated rings. The van der Waals surface area contributed by atoms with E-state index in [1.54, 1.807) is 12.1 Å². The van der Waals surface area contributed by atoms with Crippen molar-refractivity contribution in [1.82, 2.24) is 0 Å². The summed E-state index contributed by atoms with van der Waals surface area (Å²) >= 11 is 5.72. The molecule has 0 heterocycles. The molecular formula is C12H16ClFO. The highest BCUT2D eigenvalue weighted by atomic mass is 35.5. The normalized spacial score (nSPS) is 12.5. The van der Waals surface area contributed by atoms with Crippen LogP contribution >= 0.6 is 11.6 Å². The molecule has 0 aliphatic heterocycles. The Morgan fingerprint density at radius 1 is 1.47 bits per heavy atom. The average molecular weight is 231 g/mol. The summed E-state index contributed by atoms with van der Waals surface area (Å²) in [4.78, 5) is 0. The van der Waals surface area contributed by atoms with Gasteiger partial charge in [-0.3, -0.25) is 0 Å². The Labute approximate surface area is 95.2 Å². The van der Waals surface area contributed by atoms with Gasteiger partial charge in [-0.25, -0.2) is 4.39 Å². The average Bonchev–Trinajstić information content (AvgIpc) is 2.21. The van der Waals surface area contributed by atoms with E-state index in [1.165, 1.54) is 6.07 Å². The maximum absolute atomic E-state index is 13.5. The summed E-state index contributed by atoms with van der Waals surface area (Å²) in [6, 6.07) is 4.82. The van der Waals surface area contributed by atoms with Crippen molar-refractivity contribution in [3.8, 4) is 5.75 Å². The second-order valence-corrected chi connectivity index (χ2v) is 3.85. The number of hydrogen-bond acceptors (Lipinski definition) is 1. The van der Waals surface area contributed by atoms with Gasteiger partial charge in [0, 0.05) is 5.56 Å². The summed E-state index contributed by atoms with van der Waals surface area (Å²) in [5.74, 6) is 0.232. The molecule has 0 N–H and O–H groups in total. The van der Waals surface area contributed by atoms with Gasteiger partial charge in [-0.05, 0) is 19.4 Å². The predicted molar refractivity (Wildman–Crippen MR) is 61.0 cm³/mol. The van der Waals surface area contributed by atoms with Crippen molar-refractivity contribution in [2.45, 2.75) is 38.7 Å². The summed E-state index contributed by atoms with van der Waals surface area (Å²) < 4.78 is 19.0. The number of halogens is 2. The molecule has 84 valence electrons. The van der Waals surface area contributed by atoms with Gasteiger partial charge >= 0.3 is 0 Å². The first-order chi connectivity index (χ1) is 7.19. The highest BCUT2D eigenvalue weighted by Crippen LogP contribution is 2.25. The fraction of sp³-hybridized carbons (Fsp3) is 0.500. The van der Waals surface area contributed by atoms with Crippen molar-refractivity contribution in [2.24, 2.45) is 0 Å². The van der Waals surface area contributed by atoms with Crippen LogP contribution in [0.25, 0.3) is 0 Å². The Hall–Kier alpha value is -0.760. The minimum atomic E-state index is -0.337. The van der Waals surface area contributed by atoms with Gasteiger partial charge in [-0.1, -0.05) is 25.5 Å². The zero-order valence-electron chi connectivity index (χ0n) is 9.09. The number of ether oxygens (including phenoxy) is 1. The molecular weight excluding hydrogens is 215 g/mol. The molecule has 3 heteroatoms. The van der Waals surface area contributed by atoms with E-state index in [2.05, 4.69) is 6.92 Å². The van der Waals surface area contributed by atoms with Crippen LogP contribution in [0, 0.1) is 5.82 Å². The molecule has 1 unspecified atom stereocenters. The lowest BCUT2D eigenvalue weighted by atomic mass is 10.2. The molecule has 0 radical (unpaired) electrons. The fourth-order valence-electron chi connectivity index (χ4n) is 1.46. The van der Waals surface area contributed by atoms with Crippen molar-refractivity contribution < 1.29 is 9.13 Å². The lowest BCUT2D eigenvalue weighted by molar-refractivity contribution is 0.199. The summed E-state index contributed by atoms with van der Waals surface area (Å²) in [7, 11) is 0. The maximum atomic E-state index is 13.5. The van der Waals surface area contributed by atoms with Crippen molar-refractivity contribution in [1.29, 1.82) is 0 Å². The lowest BCUT2D eigenvalue weighted by Crippen LogP contribution is -2.13. The summed E-state index contributed by atoms with van der Waals surface area (Å²) in [5, 5.41) is 0. The summed E-state index contributed by atoms with van der Waals surface area (Å²) in [6.45, 7) is 4.01. The van der Waals surface area contributed by atoms with Gasteiger partial charge in [0.2, 0.25) is 0 Å². The van der Waals surface area contributed by atoms with E-state index in [9.17, 15) is 4.39 Å². The van der Waals surface area contributed by atoms with Crippen LogP contribution < -0.4 is 4.74 Å². The van der Waals surface area contributed by atoms with Crippen LogP contribution in [0.15, 0.2) is 18.2 Å². The van der Waals surface area contributed by atoms with Gasteiger partial charge in [0.25, 0.3) is 0 Å². The molecule has 0 saturated carbocycles. The van der Waals surface area contributed by atoms with Gasteiger partial charge in [0.05, 0.1) is 12.0 Å². The van der Waals surface area contributed by atoms with Crippen molar-refractivity contribution in [2.75, 3.05) is 0 Å². The molecule has 15 heavy (non-hydrogen) atoms. The van der Waals surface area contributed by atoms with Crippen LogP contribution in [0.4, 0.5) is 4.39 Å². The number of benzene rings is 1. The molecule has 0 amide bonds. The molecule has 0 aliphatic rings. The van der Waals surface area contributed by atoms with E-state index >= 15 is 0 Å². The fourth-order valence-corrected chi connectivity index (χ4v) is 1.67. The molecule has 0 aromatic heterocycles. The zero-order valence-corrected chi connectivity index (χ0v) is 9.85. The van der Waals surface area contributed by atoms with Crippen LogP contribution in [-0.4, -0.2) is 6.10 Å². The second-order valence-electron chi connectivity index (χ2n) is 3.58. The second kappa shape index (κ2) is 5.96. The quantitative estimate of drug-likeness (QED) is 0.691.